The molecule has 1 heterocycles. The smallest absolute Gasteiger partial charge is 0.224 e. The molecule has 1 N–H and O–H groups in total. The minimum Gasteiger partial charge on any atom is -0.326 e. The zero-order valence-corrected chi connectivity index (χ0v) is 19.1. The number of unbranched alkanes of at least 4 members (excludes halogenated alkanes) is 3. The number of carbonyl (C=O) groups is 1. The molecule has 0 aliphatic carbocycles. The summed E-state index contributed by atoms with van der Waals surface area (Å²) in [6.07, 6.45) is 8.28. The average Bonchev–Trinajstić information content (AvgIpc) is 2.79. The van der Waals surface area contributed by atoms with Crippen molar-refractivity contribution in [1.82, 2.24) is 4.90 Å². The molecule has 1 amide bonds. The first-order valence-corrected chi connectivity index (χ1v) is 12.5. The van der Waals surface area contributed by atoms with Crippen molar-refractivity contribution in [3.05, 3.63) is 60.2 Å². The molecule has 0 aromatic heterocycles. The maximum Gasteiger partial charge on any atom is 0.224 e. The van der Waals surface area contributed by atoms with Gasteiger partial charge in [0.15, 0.2) is 0 Å². The largest absolute Gasteiger partial charge is 0.326 e. The Morgan fingerprint density at radius 3 is 2.53 bits per heavy atom. The molecule has 0 bridgehead atoms. The van der Waals surface area contributed by atoms with Crippen LogP contribution in [-0.2, 0) is 4.79 Å². The van der Waals surface area contributed by atoms with Gasteiger partial charge in [0.25, 0.3) is 0 Å². The van der Waals surface area contributed by atoms with Gasteiger partial charge in [0, 0.05) is 17.0 Å². The first-order valence-electron chi connectivity index (χ1n) is 11.5. The number of likely N-dealkylation sites (tertiary alicyclic amines) is 1. The fourth-order valence-electron chi connectivity index (χ4n) is 4.11. The number of hydrogen-bond acceptors (Lipinski definition) is 3. The van der Waals surface area contributed by atoms with E-state index in [1.54, 1.807) is 0 Å². The van der Waals surface area contributed by atoms with E-state index in [-0.39, 0.29) is 5.91 Å². The van der Waals surface area contributed by atoms with Gasteiger partial charge in [-0.3, -0.25) is 4.79 Å². The van der Waals surface area contributed by atoms with E-state index in [2.05, 4.69) is 58.7 Å². The molecule has 3 nitrogen and oxygen atoms in total. The zero-order valence-electron chi connectivity index (χ0n) is 18.3. The maximum absolute atomic E-state index is 11.6. The summed E-state index contributed by atoms with van der Waals surface area (Å²) in [5.41, 5.74) is 2.31. The molecule has 162 valence electrons. The molecular formula is C26H36N2OS. The van der Waals surface area contributed by atoms with Crippen LogP contribution in [0.2, 0.25) is 0 Å². The van der Waals surface area contributed by atoms with E-state index in [9.17, 15) is 4.79 Å². The summed E-state index contributed by atoms with van der Waals surface area (Å²) in [7, 11) is 0. The number of anilines is 1. The van der Waals surface area contributed by atoms with Crippen molar-refractivity contribution in [2.75, 3.05) is 30.7 Å². The van der Waals surface area contributed by atoms with E-state index in [0.29, 0.717) is 12.3 Å². The van der Waals surface area contributed by atoms with Crippen LogP contribution in [0.3, 0.4) is 0 Å². The summed E-state index contributed by atoms with van der Waals surface area (Å²) >= 11 is 1.98. The van der Waals surface area contributed by atoms with Crippen molar-refractivity contribution in [3.8, 4) is 0 Å². The Balaban J connectivity index is 1.28. The van der Waals surface area contributed by atoms with Crippen molar-refractivity contribution >= 4 is 23.4 Å². The highest BCUT2D eigenvalue weighted by molar-refractivity contribution is 7.99. The van der Waals surface area contributed by atoms with Crippen LogP contribution in [0.1, 0.15) is 63.4 Å². The number of hydrogen-bond donors (Lipinski definition) is 1. The fraction of sp³-hybridized carbons (Fsp3) is 0.500. The van der Waals surface area contributed by atoms with Crippen molar-refractivity contribution in [2.45, 2.75) is 62.7 Å². The molecule has 0 atom stereocenters. The summed E-state index contributed by atoms with van der Waals surface area (Å²) in [5, 5.41) is 2.99. The summed E-state index contributed by atoms with van der Waals surface area (Å²) in [6, 6.07) is 19.2. The molecule has 0 spiro atoms. The topological polar surface area (TPSA) is 32.3 Å². The molecule has 30 heavy (non-hydrogen) atoms. The third-order valence-corrected chi connectivity index (χ3v) is 7.03. The Morgan fingerprint density at radius 2 is 1.77 bits per heavy atom. The van der Waals surface area contributed by atoms with Gasteiger partial charge in [-0.2, -0.15) is 0 Å². The Bertz CT molecular complexity index is 757. The van der Waals surface area contributed by atoms with E-state index in [0.717, 1.165) is 5.69 Å². The van der Waals surface area contributed by atoms with Gasteiger partial charge in [0.1, 0.15) is 0 Å². The van der Waals surface area contributed by atoms with Gasteiger partial charge in [-0.1, -0.05) is 50.1 Å². The lowest BCUT2D eigenvalue weighted by Gasteiger charge is -2.32. The molecule has 2 aromatic carbocycles. The zero-order chi connectivity index (χ0) is 21.0. The van der Waals surface area contributed by atoms with Gasteiger partial charge < -0.3 is 10.2 Å². The highest BCUT2D eigenvalue weighted by Crippen LogP contribution is 2.29. The number of carbonyl (C=O) groups excluding carboxylic acids is 1. The van der Waals surface area contributed by atoms with Crippen molar-refractivity contribution in [3.63, 3.8) is 0 Å². The van der Waals surface area contributed by atoms with Crippen LogP contribution >= 0.6 is 11.8 Å². The van der Waals surface area contributed by atoms with Crippen molar-refractivity contribution < 1.29 is 4.79 Å². The van der Waals surface area contributed by atoms with Crippen LogP contribution in [0, 0.1) is 0 Å². The second kappa shape index (κ2) is 12.8. The van der Waals surface area contributed by atoms with E-state index >= 15 is 0 Å². The van der Waals surface area contributed by atoms with Gasteiger partial charge in [-0.25, -0.2) is 0 Å². The van der Waals surface area contributed by atoms with E-state index in [1.807, 2.05) is 24.8 Å². The number of rotatable bonds is 11. The van der Waals surface area contributed by atoms with Gasteiger partial charge >= 0.3 is 0 Å². The number of benzene rings is 2. The van der Waals surface area contributed by atoms with Crippen molar-refractivity contribution in [1.29, 1.82) is 0 Å². The molecule has 0 unspecified atom stereocenters. The summed E-state index contributed by atoms with van der Waals surface area (Å²) < 4.78 is 0. The van der Waals surface area contributed by atoms with Gasteiger partial charge in [0.05, 0.1) is 0 Å². The molecule has 0 saturated carbocycles. The first kappa shape index (κ1) is 22.9. The second-order valence-corrected chi connectivity index (χ2v) is 9.39. The lowest BCUT2D eigenvalue weighted by atomic mass is 9.89. The Kier molecular flexibility index (Phi) is 9.78. The molecular weight excluding hydrogens is 388 g/mol. The van der Waals surface area contributed by atoms with Crippen LogP contribution in [0.4, 0.5) is 5.69 Å². The monoisotopic (exact) mass is 424 g/mol. The minimum atomic E-state index is 0.0839. The SMILES string of the molecule is CCC(=O)Nc1cccc(C2CCN(CCCCCCSc3ccccc3)CC2)c1. The molecule has 1 saturated heterocycles. The summed E-state index contributed by atoms with van der Waals surface area (Å²) in [6.45, 7) is 5.52. The Hall–Kier alpha value is -1.78. The molecule has 4 heteroatoms. The second-order valence-electron chi connectivity index (χ2n) is 8.22. The van der Waals surface area contributed by atoms with E-state index in [4.69, 9.17) is 0 Å². The number of amides is 1. The standard InChI is InChI=1S/C26H36N2OS/c1-2-26(29)27-24-12-10-11-23(21-24)22-15-18-28(19-16-22)17-8-3-4-9-20-30-25-13-6-5-7-14-25/h5-7,10-14,21-22H,2-4,8-9,15-20H2,1H3,(H,27,29). The molecule has 0 radical (unpaired) electrons. The van der Waals surface area contributed by atoms with E-state index < -0.39 is 0 Å². The maximum atomic E-state index is 11.6. The minimum absolute atomic E-state index is 0.0839. The molecule has 1 fully saturated rings. The molecule has 1 aliphatic heterocycles. The predicted molar refractivity (Wildman–Crippen MR) is 129 cm³/mol. The van der Waals surface area contributed by atoms with Crippen LogP contribution in [-0.4, -0.2) is 36.2 Å². The van der Waals surface area contributed by atoms with Crippen molar-refractivity contribution in [2.24, 2.45) is 0 Å². The Labute approximate surface area is 186 Å². The fourth-order valence-corrected chi connectivity index (χ4v) is 5.04. The third-order valence-electron chi connectivity index (χ3n) is 5.93. The Morgan fingerprint density at radius 1 is 1.00 bits per heavy atom. The summed E-state index contributed by atoms with van der Waals surface area (Å²) in [5.74, 6) is 1.93. The number of piperidine rings is 1. The third kappa shape index (κ3) is 7.81. The molecule has 1 aliphatic rings. The lowest BCUT2D eigenvalue weighted by molar-refractivity contribution is -0.115. The van der Waals surface area contributed by atoms with Gasteiger partial charge in [-0.05, 0) is 86.8 Å². The van der Waals surface area contributed by atoms with Crippen LogP contribution in [0.15, 0.2) is 59.5 Å². The van der Waals surface area contributed by atoms with Crippen LogP contribution < -0.4 is 5.32 Å². The highest BCUT2D eigenvalue weighted by atomic mass is 32.2. The van der Waals surface area contributed by atoms with Crippen LogP contribution in [0.5, 0.6) is 0 Å². The van der Waals surface area contributed by atoms with Gasteiger partial charge in [-0.15, -0.1) is 11.8 Å². The number of thioether (sulfide) groups is 1. The number of nitrogens with zero attached hydrogens (tertiary/aromatic N) is 1. The summed E-state index contributed by atoms with van der Waals surface area (Å²) in [4.78, 5) is 15.7. The predicted octanol–water partition coefficient (Wildman–Crippen LogP) is 6.57. The molecule has 3 rings (SSSR count). The lowest BCUT2D eigenvalue weighted by Crippen LogP contribution is -2.33. The molecule has 2 aromatic rings. The average molecular weight is 425 g/mol. The normalized spacial score (nSPS) is 15.2. The van der Waals surface area contributed by atoms with Gasteiger partial charge in [0.2, 0.25) is 5.91 Å². The first-order chi connectivity index (χ1) is 14.7. The van der Waals surface area contributed by atoms with E-state index in [1.165, 1.54) is 74.4 Å². The highest BCUT2D eigenvalue weighted by Gasteiger charge is 2.20. The van der Waals surface area contributed by atoms with Crippen LogP contribution in [0.25, 0.3) is 0 Å². The number of nitrogens with one attached hydrogen (secondary N) is 1. The quantitative estimate of drug-likeness (QED) is 0.327.